The number of halogens is 2. The number of nitrogens with two attached hydrogens (primary N) is 1. The number of benzene rings is 1. The predicted octanol–water partition coefficient (Wildman–Crippen LogP) is 2.68. The standard InChI is InChI=1S/C15H22ClN3O.ClH/c1-11-7-12(16)3-4-13(11)18-14(20)8-19-6-5-15(2,9-17)10-19;/h3-4,7H,5-6,8-10,17H2,1-2H3,(H,18,20);1H. The van der Waals surface area contributed by atoms with Gasteiger partial charge in [0.2, 0.25) is 5.91 Å². The van der Waals surface area contributed by atoms with Crippen LogP contribution in [0.15, 0.2) is 18.2 Å². The van der Waals surface area contributed by atoms with Crippen molar-refractivity contribution < 1.29 is 4.79 Å². The second-order valence-corrected chi connectivity index (χ2v) is 6.42. The van der Waals surface area contributed by atoms with E-state index in [-0.39, 0.29) is 23.7 Å². The van der Waals surface area contributed by atoms with Crippen LogP contribution < -0.4 is 11.1 Å². The lowest BCUT2D eigenvalue weighted by atomic mass is 9.90. The first-order valence-corrected chi connectivity index (χ1v) is 7.28. The largest absolute Gasteiger partial charge is 0.330 e. The van der Waals surface area contributed by atoms with Gasteiger partial charge < -0.3 is 11.1 Å². The SMILES string of the molecule is Cc1cc(Cl)ccc1NC(=O)CN1CCC(C)(CN)C1.Cl. The Morgan fingerprint density at radius 2 is 2.24 bits per heavy atom. The molecule has 1 aliphatic heterocycles. The van der Waals surface area contributed by atoms with Crippen molar-refractivity contribution in [2.24, 2.45) is 11.1 Å². The zero-order valence-electron chi connectivity index (χ0n) is 12.5. The number of nitrogens with one attached hydrogen (secondary N) is 1. The number of carbonyl (C=O) groups excluding carboxylic acids is 1. The van der Waals surface area contributed by atoms with Gasteiger partial charge in [0.1, 0.15) is 0 Å². The molecule has 1 aromatic rings. The van der Waals surface area contributed by atoms with Crippen LogP contribution in [0.2, 0.25) is 5.02 Å². The van der Waals surface area contributed by atoms with Gasteiger partial charge in [-0.25, -0.2) is 0 Å². The Morgan fingerprint density at radius 3 is 2.81 bits per heavy atom. The number of hydrogen-bond donors (Lipinski definition) is 2. The van der Waals surface area contributed by atoms with Crippen molar-refractivity contribution in [1.82, 2.24) is 4.90 Å². The smallest absolute Gasteiger partial charge is 0.238 e. The summed E-state index contributed by atoms with van der Waals surface area (Å²) in [5.74, 6) is 0.0108. The van der Waals surface area contributed by atoms with E-state index >= 15 is 0 Å². The second-order valence-electron chi connectivity index (χ2n) is 5.98. The first-order chi connectivity index (χ1) is 9.42. The van der Waals surface area contributed by atoms with E-state index in [0.29, 0.717) is 18.1 Å². The van der Waals surface area contributed by atoms with Crippen LogP contribution in [0, 0.1) is 12.3 Å². The summed E-state index contributed by atoms with van der Waals surface area (Å²) in [6.45, 7) is 7.01. The summed E-state index contributed by atoms with van der Waals surface area (Å²) in [7, 11) is 0. The number of anilines is 1. The van der Waals surface area contributed by atoms with Crippen molar-refractivity contribution in [3.8, 4) is 0 Å². The van der Waals surface area contributed by atoms with Crippen LogP contribution >= 0.6 is 24.0 Å². The highest BCUT2D eigenvalue weighted by atomic mass is 35.5. The first-order valence-electron chi connectivity index (χ1n) is 6.90. The van der Waals surface area contributed by atoms with Crippen LogP contribution in [0.5, 0.6) is 0 Å². The van der Waals surface area contributed by atoms with E-state index in [1.54, 1.807) is 6.07 Å². The molecule has 1 heterocycles. The maximum Gasteiger partial charge on any atom is 0.238 e. The fourth-order valence-electron chi connectivity index (χ4n) is 2.59. The second kappa shape index (κ2) is 7.45. The minimum Gasteiger partial charge on any atom is -0.330 e. The van der Waals surface area contributed by atoms with E-state index in [4.69, 9.17) is 17.3 Å². The molecule has 0 saturated carbocycles. The summed E-state index contributed by atoms with van der Waals surface area (Å²) >= 11 is 5.91. The Hall–Kier alpha value is -0.810. The summed E-state index contributed by atoms with van der Waals surface area (Å²) in [5, 5.41) is 3.62. The zero-order valence-corrected chi connectivity index (χ0v) is 14.1. The molecule has 1 aromatic carbocycles. The highest BCUT2D eigenvalue weighted by Crippen LogP contribution is 2.28. The monoisotopic (exact) mass is 331 g/mol. The van der Waals surface area contributed by atoms with Gasteiger partial charge in [-0.2, -0.15) is 0 Å². The molecule has 1 unspecified atom stereocenters. The van der Waals surface area contributed by atoms with Gasteiger partial charge in [-0.1, -0.05) is 18.5 Å². The maximum atomic E-state index is 12.1. The molecule has 118 valence electrons. The third-order valence-corrected chi connectivity index (χ3v) is 4.19. The molecule has 0 aliphatic carbocycles. The van der Waals surface area contributed by atoms with Gasteiger partial charge in [-0.15, -0.1) is 12.4 Å². The van der Waals surface area contributed by atoms with Gasteiger partial charge in [0.25, 0.3) is 0 Å². The van der Waals surface area contributed by atoms with Crippen molar-refractivity contribution in [3.63, 3.8) is 0 Å². The average Bonchev–Trinajstić information content (AvgIpc) is 2.75. The van der Waals surface area contributed by atoms with Crippen molar-refractivity contribution in [1.29, 1.82) is 0 Å². The molecule has 0 bridgehead atoms. The predicted molar refractivity (Wildman–Crippen MR) is 90.3 cm³/mol. The Morgan fingerprint density at radius 1 is 1.52 bits per heavy atom. The summed E-state index contributed by atoms with van der Waals surface area (Å²) in [4.78, 5) is 14.2. The molecule has 2 rings (SSSR count). The number of hydrogen-bond acceptors (Lipinski definition) is 3. The van der Waals surface area contributed by atoms with Crippen molar-refractivity contribution in [3.05, 3.63) is 28.8 Å². The molecule has 1 aliphatic rings. The Balaban J connectivity index is 0.00000220. The summed E-state index contributed by atoms with van der Waals surface area (Å²) < 4.78 is 0. The van der Waals surface area contributed by atoms with Crippen LogP contribution in [-0.2, 0) is 4.79 Å². The van der Waals surface area contributed by atoms with Gasteiger partial charge in [0.15, 0.2) is 0 Å². The van der Waals surface area contributed by atoms with Crippen LogP contribution in [-0.4, -0.2) is 37.0 Å². The van der Waals surface area contributed by atoms with Crippen LogP contribution in [0.3, 0.4) is 0 Å². The van der Waals surface area contributed by atoms with Crippen molar-refractivity contribution >= 4 is 35.6 Å². The molecule has 6 heteroatoms. The van der Waals surface area contributed by atoms with E-state index < -0.39 is 0 Å². The molecule has 3 N–H and O–H groups in total. The molecule has 0 spiro atoms. The molecular weight excluding hydrogens is 309 g/mol. The third kappa shape index (κ3) is 4.85. The molecular formula is C15H23Cl2N3O. The number of carbonyl (C=O) groups is 1. The van der Waals surface area contributed by atoms with E-state index in [9.17, 15) is 4.79 Å². The molecule has 1 atom stereocenters. The lowest BCUT2D eigenvalue weighted by Gasteiger charge is -2.22. The van der Waals surface area contributed by atoms with Gasteiger partial charge >= 0.3 is 0 Å². The highest BCUT2D eigenvalue weighted by Gasteiger charge is 2.33. The molecule has 4 nitrogen and oxygen atoms in total. The molecule has 21 heavy (non-hydrogen) atoms. The molecule has 1 amide bonds. The Labute approximate surface area is 137 Å². The lowest BCUT2D eigenvalue weighted by Crippen LogP contribution is -2.35. The average molecular weight is 332 g/mol. The zero-order chi connectivity index (χ0) is 14.8. The number of aryl methyl sites for hydroxylation is 1. The van der Waals surface area contributed by atoms with Gasteiger partial charge in [0, 0.05) is 17.3 Å². The lowest BCUT2D eigenvalue weighted by molar-refractivity contribution is -0.117. The van der Waals surface area contributed by atoms with Crippen molar-refractivity contribution in [2.45, 2.75) is 20.3 Å². The number of nitrogens with zero attached hydrogens (tertiary/aromatic N) is 1. The first kappa shape index (κ1) is 18.2. The highest BCUT2D eigenvalue weighted by molar-refractivity contribution is 6.30. The molecule has 1 fully saturated rings. The van der Waals surface area contributed by atoms with Crippen LogP contribution in [0.1, 0.15) is 18.9 Å². The van der Waals surface area contributed by atoms with Crippen molar-refractivity contribution in [2.75, 3.05) is 31.5 Å². The van der Waals surface area contributed by atoms with Gasteiger partial charge in [0.05, 0.1) is 6.54 Å². The molecule has 0 radical (unpaired) electrons. The Kier molecular flexibility index (Phi) is 6.47. The number of amides is 1. The minimum atomic E-state index is 0. The van der Waals surface area contributed by atoms with E-state index in [1.165, 1.54) is 0 Å². The quantitative estimate of drug-likeness (QED) is 0.891. The van der Waals surface area contributed by atoms with E-state index in [0.717, 1.165) is 30.8 Å². The maximum absolute atomic E-state index is 12.1. The van der Waals surface area contributed by atoms with E-state index in [1.807, 2.05) is 19.1 Å². The van der Waals surface area contributed by atoms with Gasteiger partial charge in [-0.05, 0) is 55.6 Å². The van der Waals surface area contributed by atoms with E-state index in [2.05, 4.69) is 17.1 Å². The summed E-state index contributed by atoms with van der Waals surface area (Å²) in [6.07, 6.45) is 1.05. The van der Waals surface area contributed by atoms with Crippen LogP contribution in [0.25, 0.3) is 0 Å². The number of rotatable bonds is 4. The third-order valence-electron chi connectivity index (χ3n) is 3.96. The fourth-order valence-corrected chi connectivity index (χ4v) is 2.81. The molecule has 1 saturated heterocycles. The van der Waals surface area contributed by atoms with Gasteiger partial charge in [-0.3, -0.25) is 9.69 Å². The number of likely N-dealkylation sites (tertiary alicyclic amines) is 1. The fraction of sp³-hybridized carbons (Fsp3) is 0.533. The Bertz CT molecular complexity index is 510. The normalized spacial score (nSPS) is 21.9. The summed E-state index contributed by atoms with van der Waals surface area (Å²) in [5.41, 5.74) is 7.72. The summed E-state index contributed by atoms with van der Waals surface area (Å²) in [6, 6.07) is 5.47. The topological polar surface area (TPSA) is 58.4 Å². The van der Waals surface area contributed by atoms with Crippen LogP contribution in [0.4, 0.5) is 5.69 Å². The molecule has 0 aromatic heterocycles. The minimum absolute atomic E-state index is 0.